The smallest absolute Gasteiger partial charge is 0.320 e. The van der Waals surface area contributed by atoms with Crippen LogP contribution in [-0.2, 0) is 19.1 Å². The summed E-state index contributed by atoms with van der Waals surface area (Å²) in [4.78, 5) is 36.2. The summed E-state index contributed by atoms with van der Waals surface area (Å²) in [6, 6.07) is -0.381. The van der Waals surface area contributed by atoms with Gasteiger partial charge in [0.25, 0.3) is 0 Å². The molecule has 0 aliphatic heterocycles. The first-order valence-electron chi connectivity index (χ1n) is 6.64. The minimum absolute atomic E-state index is 0.134. The van der Waals surface area contributed by atoms with Crippen LogP contribution < -0.4 is 0 Å². The summed E-state index contributed by atoms with van der Waals surface area (Å²) in [5.74, 6) is -2.36. The van der Waals surface area contributed by atoms with Crippen molar-refractivity contribution in [3.63, 3.8) is 0 Å². The highest BCUT2D eigenvalue weighted by Gasteiger charge is 2.32. The zero-order valence-corrected chi connectivity index (χ0v) is 14.8. The molecule has 8 nitrogen and oxygen atoms in total. The van der Waals surface area contributed by atoms with E-state index in [0.29, 0.717) is 14.9 Å². The molecular weight excluding hydrogens is 415 g/mol. The third-order valence-electron chi connectivity index (χ3n) is 3.39. The normalized spacial score (nSPS) is 12.2. The number of nitrogens with zero attached hydrogens (tertiary/aromatic N) is 4. The SMILES string of the molecule is C=CC(CC(C(=O)OC)C(=O)OC)n1cnc2c(I)ncnc21. The van der Waals surface area contributed by atoms with E-state index < -0.39 is 17.9 Å². The number of fused-ring (bicyclic) bond motifs is 1. The minimum atomic E-state index is -1.05. The summed E-state index contributed by atoms with van der Waals surface area (Å²) >= 11 is 2.06. The molecule has 122 valence electrons. The molecule has 0 saturated carbocycles. The van der Waals surface area contributed by atoms with E-state index in [-0.39, 0.29) is 12.5 Å². The molecule has 0 spiro atoms. The van der Waals surface area contributed by atoms with Crippen LogP contribution in [0.25, 0.3) is 11.2 Å². The highest BCUT2D eigenvalue weighted by atomic mass is 127. The first-order chi connectivity index (χ1) is 11.0. The predicted octanol–water partition coefficient (Wildman–Crippen LogP) is 1.51. The Bertz CT molecular complexity index is 729. The Balaban J connectivity index is 2.37. The second-order valence-electron chi connectivity index (χ2n) is 4.63. The van der Waals surface area contributed by atoms with Crippen LogP contribution in [0.5, 0.6) is 0 Å². The van der Waals surface area contributed by atoms with Crippen LogP contribution in [-0.4, -0.2) is 45.7 Å². The number of methoxy groups -OCH3 is 2. The molecule has 9 heteroatoms. The van der Waals surface area contributed by atoms with Gasteiger partial charge >= 0.3 is 11.9 Å². The van der Waals surface area contributed by atoms with Gasteiger partial charge in [0.15, 0.2) is 11.6 Å². The fourth-order valence-corrected chi connectivity index (χ4v) is 2.71. The van der Waals surface area contributed by atoms with Crippen LogP contribution in [0.4, 0.5) is 0 Å². The Morgan fingerprint density at radius 3 is 2.52 bits per heavy atom. The van der Waals surface area contributed by atoms with Crippen molar-refractivity contribution < 1.29 is 19.1 Å². The van der Waals surface area contributed by atoms with Crippen LogP contribution >= 0.6 is 22.6 Å². The lowest BCUT2D eigenvalue weighted by atomic mass is 9.99. The minimum Gasteiger partial charge on any atom is -0.468 e. The molecule has 0 bridgehead atoms. The van der Waals surface area contributed by atoms with E-state index in [9.17, 15) is 9.59 Å². The molecule has 0 aromatic carbocycles. The van der Waals surface area contributed by atoms with Gasteiger partial charge in [0, 0.05) is 0 Å². The van der Waals surface area contributed by atoms with Crippen molar-refractivity contribution in [2.24, 2.45) is 5.92 Å². The topological polar surface area (TPSA) is 96.2 Å². The fraction of sp³-hybridized carbons (Fsp3) is 0.357. The van der Waals surface area contributed by atoms with Crippen molar-refractivity contribution in [3.05, 3.63) is 29.0 Å². The molecule has 2 aromatic heterocycles. The standard InChI is InChI=1S/C14H15IN4O4/c1-4-8(5-9(13(20)22-2)14(21)23-3)19-7-18-10-11(15)16-6-17-12(10)19/h4,6-9H,1,5H2,2-3H3. The van der Waals surface area contributed by atoms with Crippen molar-refractivity contribution in [2.75, 3.05) is 14.2 Å². The van der Waals surface area contributed by atoms with Crippen molar-refractivity contribution in [1.82, 2.24) is 19.5 Å². The first-order valence-corrected chi connectivity index (χ1v) is 7.72. The van der Waals surface area contributed by atoms with E-state index in [1.54, 1.807) is 17.0 Å². The zero-order valence-electron chi connectivity index (χ0n) is 12.6. The van der Waals surface area contributed by atoms with Gasteiger partial charge in [0.1, 0.15) is 15.5 Å². The number of rotatable bonds is 6. The van der Waals surface area contributed by atoms with E-state index in [4.69, 9.17) is 0 Å². The van der Waals surface area contributed by atoms with Crippen LogP contribution in [0.1, 0.15) is 12.5 Å². The van der Waals surface area contributed by atoms with Crippen molar-refractivity contribution in [1.29, 1.82) is 0 Å². The molecule has 0 radical (unpaired) electrons. The van der Waals surface area contributed by atoms with Crippen molar-refractivity contribution in [2.45, 2.75) is 12.5 Å². The van der Waals surface area contributed by atoms with E-state index >= 15 is 0 Å². The van der Waals surface area contributed by atoms with Gasteiger partial charge in [-0.15, -0.1) is 6.58 Å². The number of carbonyl (C=O) groups excluding carboxylic acids is 2. The average molecular weight is 430 g/mol. The van der Waals surface area contributed by atoms with Gasteiger partial charge in [0.05, 0.1) is 26.6 Å². The number of hydrogen-bond donors (Lipinski definition) is 0. The van der Waals surface area contributed by atoms with Gasteiger partial charge < -0.3 is 14.0 Å². The van der Waals surface area contributed by atoms with E-state index in [0.717, 1.165) is 0 Å². The number of hydrogen-bond acceptors (Lipinski definition) is 7. The Morgan fingerprint density at radius 2 is 1.96 bits per heavy atom. The molecule has 2 aromatic rings. The molecular formula is C14H15IN4O4. The number of halogens is 1. The van der Waals surface area contributed by atoms with Gasteiger partial charge in [-0.3, -0.25) is 9.59 Å². The maximum absolute atomic E-state index is 11.8. The maximum atomic E-state index is 11.8. The predicted molar refractivity (Wildman–Crippen MR) is 89.4 cm³/mol. The first kappa shape index (κ1) is 17.3. The quantitative estimate of drug-likeness (QED) is 0.225. The van der Waals surface area contributed by atoms with Gasteiger partial charge in [-0.05, 0) is 29.0 Å². The molecule has 1 atom stereocenters. The number of allylic oxidation sites excluding steroid dienone is 1. The van der Waals surface area contributed by atoms with Gasteiger partial charge in [0.2, 0.25) is 0 Å². The summed E-state index contributed by atoms with van der Waals surface area (Å²) in [5.41, 5.74) is 1.25. The molecule has 0 saturated heterocycles. The number of aromatic nitrogens is 4. The summed E-state index contributed by atoms with van der Waals surface area (Å²) in [5, 5.41) is 0. The maximum Gasteiger partial charge on any atom is 0.320 e. The third kappa shape index (κ3) is 3.49. The number of imidazole rings is 1. The van der Waals surface area contributed by atoms with Crippen LogP contribution in [0.15, 0.2) is 25.3 Å². The summed E-state index contributed by atoms with van der Waals surface area (Å²) in [7, 11) is 2.45. The Hall–Kier alpha value is -2.04. The average Bonchev–Trinajstić information content (AvgIpc) is 3.00. The third-order valence-corrected chi connectivity index (χ3v) is 4.18. The molecule has 2 heterocycles. The lowest BCUT2D eigenvalue weighted by Gasteiger charge is -2.19. The molecule has 0 amide bonds. The highest BCUT2D eigenvalue weighted by Crippen LogP contribution is 2.25. The molecule has 0 fully saturated rings. The summed E-state index contributed by atoms with van der Waals surface area (Å²) < 4.78 is 11.8. The monoisotopic (exact) mass is 430 g/mol. The number of ether oxygens (including phenoxy) is 2. The van der Waals surface area contributed by atoms with Crippen molar-refractivity contribution in [3.8, 4) is 0 Å². The molecule has 23 heavy (non-hydrogen) atoms. The Labute approximate surface area is 146 Å². The van der Waals surface area contributed by atoms with E-state index in [1.807, 2.05) is 0 Å². The van der Waals surface area contributed by atoms with Gasteiger partial charge in [-0.2, -0.15) is 0 Å². The largest absolute Gasteiger partial charge is 0.468 e. The van der Waals surface area contributed by atoms with E-state index in [2.05, 4.69) is 53.6 Å². The molecule has 1 unspecified atom stereocenters. The number of esters is 2. The Kier molecular flexibility index (Phi) is 5.64. The second kappa shape index (κ2) is 7.49. The van der Waals surface area contributed by atoms with Crippen LogP contribution in [0.2, 0.25) is 0 Å². The highest BCUT2D eigenvalue weighted by molar-refractivity contribution is 14.1. The zero-order chi connectivity index (χ0) is 17.0. The number of carbonyl (C=O) groups is 2. The van der Waals surface area contributed by atoms with E-state index in [1.165, 1.54) is 20.5 Å². The molecule has 0 N–H and O–H groups in total. The van der Waals surface area contributed by atoms with Gasteiger partial charge in [-0.1, -0.05) is 6.08 Å². The second-order valence-corrected chi connectivity index (χ2v) is 5.65. The fourth-order valence-electron chi connectivity index (χ4n) is 2.20. The summed E-state index contributed by atoms with van der Waals surface area (Å²) in [6.07, 6.45) is 4.77. The molecule has 0 aliphatic rings. The van der Waals surface area contributed by atoms with Crippen LogP contribution in [0.3, 0.4) is 0 Å². The van der Waals surface area contributed by atoms with Crippen molar-refractivity contribution >= 4 is 45.7 Å². The molecule has 2 rings (SSSR count). The lowest BCUT2D eigenvalue weighted by molar-refractivity contribution is -0.159. The molecule has 0 aliphatic carbocycles. The van der Waals surface area contributed by atoms with Gasteiger partial charge in [-0.25, -0.2) is 15.0 Å². The van der Waals surface area contributed by atoms with Crippen LogP contribution in [0, 0.1) is 9.62 Å². The summed E-state index contributed by atoms with van der Waals surface area (Å²) in [6.45, 7) is 3.77. The Morgan fingerprint density at radius 1 is 1.30 bits per heavy atom. The lowest BCUT2D eigenvalue weighted by Crippen LogP contribution is -2.29.